The lowest BCUT2D eigenvalue weighted by atomic mass is 10.1. The molecule has 1 amide bonds. The first-order chi connectivity index (χ1) is 11.1. The molecule has 0 fully saturated rings. The van der Waals surface area contributed by atoms with Crippen molar-refractivity contribution in [3.05, 3.63) is 54.0 Å². The summed E-state index contributed by atoms with van der Waals surface area (Å²) < 4.78 is 0. The zero-order valence-corrected chi connectivity index (χ0v) is 13.7. The molecular formula is C18H24N4O. The van der Waals surface area contributed by atoms with Crippen LogP contribution < -0.4 is 10.6 Å². The molecule has 0 aliphatic rings. The number of amides is 1. The van der Waals surface area contributed by atoms with Crippen LogP contribution in [0.25, 0.3) is 0 Å². The molecular weight excluding hydrogens is 288 g/mol. The molecule has 0 radical (unpaired) electrons. The Kier molecular flexibility index (Phi) is 6.54. The van der Waals surface area contributed by atoms with E-state index >= 15 is 0 Å². The van der Waals surface area contributed by atoms with Crippen molar-refractivity contribution >= 4 is 11.7 Å². The Bertz CT molecular complexity index is 596. The van der Waals surface area contributed by atoms with Crippen LogP contribution >= 0.6 is 0 Å². The standard InChI is InChI=1S/C18H24N4O/c1-14(2)8-10-19-17-13-21-16(12-22-17)18(23)20-11-9-15-6-4-3-5-7-15/h3-7,12-14H,8-11H2,1-2H3,(H,19,22)(H,20,23). The summed E-state index contributed by atoms with van der Waals surface area (Å²) >= 11 is 0. The molecule has 0 saturated carbocycles. The van der Waals surface area contributed by atoms with E-state index in [0.717, 1.165) is 19.4 Å². The molecule has 0 bridgehead atoms. The zero-order chi connectivity index (χ0) is 16.5. The zero-order valence-electron chi connectivity index (χ0n) is 13.7. The van der Waals surface area contributed by atoms with Crippen molar-refractivity contribution in [2.45, 2.75) is 26.7 Å². The van der Waals surface area contributed by atoms with E-state index in [4.69, 9.17) is 0 Å². The van der Waals surface area contributed by atoms with E-state index in [9.17, 15) is 4.79 Å². The molecule has 23 heavy (non-hydrogen) atoms. The van der Waals surface area contributed by atoms with Gasteiger partial charge in [-0.1, -0.05) is 44.2 Å². The maximum atomic E-state index is 12.0. The molecule has 5 nitrogen and oxygen atoms in total. The second-order valence-electron chi connectivity index (χ2n) is 5.89. The predicted octanol–water partition coefficient (Wildman–Crippen LogP) is 2.91. The lowest BCUT2D eigenvalue weighted by molar-refractivity contribution is 0.0949. The van der Waals surface area contributed by atoms with E-state index in [1.165, 1.54) is 11.8 Å². The van der Waals surface area contributed by atoms with E-state index in [2.05, 4.69) is 34.4 Å². The molecule has 0 atom stereocenters. The Morgan fingerprint density at radius 2 is 1.87 bits per heavy atom. The second kappa shape index (κ2) is 8.88. The summed E-state index contributed by atoms with van der Waals surface area (Å²) in [6.45, 7) is 5.79. The van der Waals surface area contributed by atoms with Gasteiger partial charge in [-0.2, -0.15) is 0 Å². The summed E-state index contributed by atoms with van der Waals surface area (Å²) in [5.74, 6) is 1.15. The summed E-state index contributed by atoms with van der Waals surface area (Å²) in [4.78, 5) is 20.4. The number of nitrogens with zero attached hydrogens (tertiary/aromatic N) is 2. The van der Waals surface area contributed by atoms with Crippen molar-refractivity contribution in [3.63, 3.8) is 0 Å². The van der Waals surface area contributed by atoms with Crippen molar-refractivity contribution < 1.29 is 4.79 Å². The average molecular weight is 312 g/mol. The smallest absolute Gasteiger partial charge is 0.271 e. The van der Waals surface area contributed by atoms with E-state index in [1.807, 2.05) is 30.3 Å². The van der Waals surface area contributed by atoms with Gasteiger partial charge < -0.3 is 10.6 Å². The van der Waals surface area contributed by atoms with Crippen molar-refractivity contribution in [2.75, 3.05) is 18.4 Å². The van der Waals surface area contributed by atoms with E-state index in [0.29, 0.717) is 24.0 Å². The van der Waals surface area contributed by atoms with Gasteiger partial charge in [0.15, 0.2) is 0 Å². The van der Waals surface area contributed by atoms with Crippen molar-refractivity contribution in [1.82, 2.24) is 15.3 Å². The minimum absolute atomic E-state index is 0.192. The van der Waals surface area contributed by atoms with Gasteiger partial charge in [0.25, 0.3) is 5.91 Å². The maximum Gasteiger partial charge on any atom is 0.271 e. The third-order valence-electron chi connectivity index (χ3n) is 3.45. The quantitative estimate of drug-likeness (QED) is 0.786. The molecule has 0 aliphatic carbocycles. The van der Waals surface area contributed by atoms with Gasteiger partial charge in [-0.3, -0.25) is 4.79 Å². The average Bonchev–Trinajstić information content (AvgIpc) is 2.56. The van der Waals surface area contributed by atoms with Crippen LogP contribution in [0.2, 0.25) is 0 Å². The van der Waals surface area contributed by atoms with Gasteiger partial charge >= 0.3 is 0 Å². The van der Waals surface area contributed by atoms with Gasteiger partial charge in [0.1, 0.15) is 11.5 Å². The second-order valence-corrected chi connectivity index (χ2v) is 5.89. The van der Waals surface area contributed by atoms with E-state index < -0.39 is 0 Å². The molecule has 1 heterocycles. The first-order valence-electron chi connectivity index (χ1n) is 8.03. The summed E-state index contributed by atoms with van der Waals surface area (Å²) in [5, 5.41) is 6.06. The molecule has 0 spiro atoms. The monoisotopic (exact) mass is 312 g/mol. The van der Waals surface area contributed by atoms with Crippen LogP contribution in [0.4, 0.5) is 5.82 Å². The summed E-state index contributed by atoms with van der Waals surface area (Å²) in [6, 6.07) is 10.1. The van der Waals surface area contributed by atoms with E-state index in [1.54, 1.807) is 6.20 Å². The molecule has 5 heteroatoms. The highest BCUT2D eigenvalue weighted by atomic mass is 16.1. The predicted molar refractivity (Wildman–Crippen MR) is 92.5 cm³/mol. The fourth-order valence-electron chi connectivity index (χ4n) is 2.08. The number of hydrogen-bond acceptors (Lipinski definition) is 4. The number of aromatic nitrogens is 2. The lowest BCUT2D eigenvalue weighted by Crippen LogP contribution is -2.26. The Hall–Kier alpha value is -2.43. The third-order valence-corrected chi connectivity index (χ3v) is 3.45. The van der Waals surface area contributed by atoms with Gasteiger partial charge in [-0.15, -0.1) is 0 Å². The van der Waals surface area contributed by atoms with Gasteiger partial charge in [-0.05, 0) is 24.3 Å². The maximum absolute atomic E-state index is 12.0. The topological polar surface area (TPSA) is 66.9 Å². The minimum atomic E-state index is -0.192. The highest BCUT2D eigenvalue weighted by molar-refractivity contribution is 5.91. The highest BCUT2D eigenvalue weighted by Crippen LogP contribution is 2.04. The molecule has 0 aliphatic heterocycles. The molecule has 1 aromatic heterocycles. The van der Waals surface area contributed by atoms with Gasteiger partial charge in [0.2, 0.25) is 0 Å². The number of hydrogen-bond donors (Lipinski definition) is 2. The molecule has 2 rings (SSSR count). The van der Waals surface area contributed by atoms with Gasteiger partial charge in [0, 0.05) is 13.1 Å². The summed E-state index contributed by atoms with van der Waals surface area (Å²) in [6.07, 6.45) is 4.99. The fourth-order valence-corrected chi connectivity index (χ4v) is 2.08. The normalized spacial score (nSPS) is 10.6. The number of anilines is 1. The number of rotatable bonds is 8. The largest absolute Gasteiger partial charge is 0.369 e. The van der Waals surface area contributed by atoms with Crippen LogP contribution in [0.1, 0.15) is 36.3 Å². The Labute approximate surface area is 137 Å². The Balaban J connectivity index is 1.76. The fraction of sp³-hybridized carbons (Fsp3) is 0.389. The summed E-state index contributed by atoms with van der Waals surface area (Å²) in [7, 11) is 0. The Morgan fingerprint density at radius 1 is 1.09 bits per heavy atom. The first-order valence-corrected chi connectivity index (χ1v) is 8.03. The molecule has 122 valence electrons. The van der Waals surface area contributed by atoms with Crippen LogP contribution in [-0.4, -0.2) is 29.0 Å². The van der Waals surface area contributed by atoms with Crippen LogP contribution in [-0.2, 0) is 6.42 Å². The van der Waals surface area contributed by atoms with Crippen LogP contribution in [0, 0.1) is 5.92 Å². The molecule has 0 saturated heterocycles. The minimum Gasteiger partial charge on any atom is -0.369 e. The molecule has 0 unspecified atom stereocenters. The number of benzene rings is 1. The van der Waals surface area contributed by atoms with Crippen LogP contribution in [0.3, 0.4) is 0 Å². The molecule has 2 N–H and O–H groups in total. The molecule has 1 aromatic carbocycles. The van der Waals surface area contributed by atoms with Crippen molar-refractivity contribution in [1.29, 1.82) is 0 Å². The Morgan fingerprint density at radius 3 is 2.52 bits per heavy atom. The number of carbonyl (C=O) groups excluding carboxylic acids is 1. The van der Waals surface area contributed by atoms with Crippen molar-refractivity contribution in [2.24, 2.45) is 5.92 Å². The molecule has 2 aromatic rings. The SMILES string of the molecule is CC(C)CCNc1cnc(C(=O)NCCc2ccccc2)cn1. The number of carbonyl (C=O) groups is 1. The van der Waals surface area contributed by atoms with Crippen LogP contribution in [0.15, 0.2) is 42.7 Å². The first kappa shape index (κ1) is 16.9. The van der Waals surface area contributed by atoms with Gasteiger partial charge in [-0.25, -0.2) is 9.97 Å². The lowest BCUT2D eigenvalue weighted by Gasteiger charge is -2.08. The van der Waals surface area contributed by atoms with Crippen LogP contribution in [0.5, 0.6) is 0 Å². The third kappa shape index (κ3) is 6.06. The van der Waals surface area contributed by atoms with E-state index in [-0.39, 0.29) is 5.91 Å². The number of nitrogens with one attached hydrogen (secondary N) is 2. The highest BCUT2D eigenvalue weighted by Gasteiger charge is 2.07. The van der Waals surface area contributed by atoms with Gasteiger partial charge in [0.05, 0.1) is 12.4 Å². The van der Waals surface area contributed by atoms with Crippen molar-refractivity contribution in [3.8, 4) is 0 Å². The summed E-state index contributed by atoms with van der Waals surface area (Å²) in [5.41, 5.74) is 1.54.